The summed E-state index contributed by atoms with van der Waals surface area (Å²) >= 11 is 0. The minimum absolute atomic E-state index is 0.0643. The van der Waals surface area contributed by atoms with Crippen LogP contribution in [0, 0.1) is 6.92 Å². The summed E-state index contributed by atoms with van der Waals surface area (Å²) in [6.45, 7) is 6.09. The number of benzene rings is 2. The molecule has 144 valence electrons. The molecule has 2 aromatic rings. The summed E-state index contributed by atoms with van der Waals surface area (Å²) in [4.78, 5) is 12.7. The summed E-state index contributed by atoms with van der Waals surface area (Å²) in [6, 6.07) is 9.27. The Kier molecular flexibility index (Phi) is 5.38. The first-order chi connectivity index (χ1) is 12.9. The number of aryl methyl sites for hydroxylation is 1. The van der Waals surface area contributed by atoms with Gasteiger partial charge in [0.05, 0.1) is 10.5 Å². The molecule has 3 rings (SSSR count). The molecule has 0 aliphatic carbocycles. The van der Waals surface area contributed by atoms with Gasteiger partial charge in [-0.25, -0.2) is 13.2 Å². The van der Waals surface area contributed by atoms with Gasteiger partial charge in [-0.1, -0.05) is 19.9 Å². The van der Waals surface area contributed by atoms with Crippen LogP contribution < -0.4 is 14.2 Å². The van der Waals surface area contributed by atoms with Crippen LogP contribution in [0.15, 0.2) is 41.3 Å². The highest BCUT2D eigenvalue weighted by molar-refractivity contribution is 7.89. The molecule has 0 atom stereocenters. The van der Waals surface area contributed by atoms with Crippen LogP contribution in [0.4, 0.5) is 0 Å². The van der Waals surface area contributed by atoms with Gasteiger partial charge in [-0.15, -0.1) is 0 Å². The Hall–Kier alpha value is -2.58. The smallest absolute Gasteiger partial charge is 0.343 e. The first-order valence-corrected chi connectivity index (χ1v) is 10.0. The van der Waals surface area contributed by atoms with Crippen molar-refractivity contribution in [2.45, 2.75) is 25.7 Å². The monoisotopic (exact) mass is 391 g/mol. The molecule has 0 saturated heterocycles. The van der Waals surface area contributed by atoms with E-state index in [0.29, 0.717) is 35.9 Å². The third-order valence-corrected chi connectivity index (χ3v) is 6.37. The van der Waals surface area contributed by atoms with Crippen molar-refractivity contribution in [3.8, 4) is 17.2 Å². The number of carbonyl (C=O) groups is 1. The number of hydrogen-bond donors (Lipinski definition) is 0. The Labute approximate surface area is 158 Å². The molecule has 0 spiro atoms. The molecule has 0 amide bonds. The summed E-state index contributed by atoms with van der Waals surface area (Å²) in [5.41, 5.74) is 0.820. The van der Waals surface area contributed by atoms with E-state index in [1.807, 2.05) is 0 Å². The predicted octanol–water partition coefficient (Wildman–Crippen LogP) is 2.97. The maximum atomic E-state index is 12.7. The van der Waals surface area contributed by atoms with E-state index < -0.39 is 16.0 Å². The lowest BCUT2D eigenvalue weighted by Gasteiger charge is -2.19. The van der Waals surface area contributed by atoms with E-state index in [1.54, 1.807) is 45.0 Å². The van der Waals surface area contributed by atoms with Gasteiger partial charge in [-0.3, -0.25) is 0 Å². The van der Waals surface area contributed by atoms with E-state index in [1.165, 1.54) is 16.4 Å². The predicted molar refractivity (Wildman–Crippen MR) is 98.8 cm³/mol. The van der Waals surface area contributed by atoms with Crippen molar-refractivity contribution in [2.24, 2.45) is 0 Å². The lowest BCUT2D eigenvalue weighted by Crippen LogP contribution is -2.30. The maximum absolute atomic E-state index is 12.7. The quantitative estimate of drug-likeness (QED) is 0.556. The summed E-state index contributed by atoms with van der Waals surface area (Å²) in [7, 11) is -3.67. The normalized spacial score (nSPS) is 13.0. The fraction of sp³-hybridized carbons (Fsp3) is 0.316. The zero-order valence-corrected chi connectivity index (χ0v) is 16.2. The highest BCUT2D eigenvalue weighted by Gasteiger charge is 2.24. The van der Waals surface area contributed by atoms with E-state index in [0.717, 1.165) is 0 Å². The Morgan fingerprint density at radius 1 is 1.07 bits per heavy atom. The summed E-state index contributed by atoms with van der Waals surface area (Å²) in [5.74, 6) is 0.733. The van der Waals surface area contributed by atoms with Crippen LogP contribution in [-0.2, 0) is 10.0 Å². The van der Waals surface area contributed by atoms with Crippen LogP contribution in [-0.4, -0.2) is 38.6 Å². The lowest BCUT2D eigenvalue weighted by atomic mass is 10.1. The molecular weight excluding hydrogens is 370 g/mol. The zero-order chi connectivity index (χ0) is 19.6. The number of nitrogens with zero attached hydrogens (tertiary/aromatic N) is 1. The molecule has 0 fully saturated rings. The molecule has 0 radical (unpaired) electrons. The summed E-state index contributed by atoms with van der Waals surface area (Å²) in [6.07, 6.45) is 0. The number of fused-ring (bicyclic) bond motifs is 1. The average molecular weight is 391 g/mol. The van der Waals surface area contributed by atoms with Gasteiger partial charge in [0.2, 0.25) is 16.8 Å². The van der Waals surface area contributed by atoms with Crippen molar-refractivity contribution in [2.75, 3.05) is 19.9 Å². The van der Waals surface area contributed by atoms with Gasteiger partial charge < -0.3 is 14.2 Å². The first-order valence-electron chi connectivity index (χ1n) is 8.59. The van der Waals surface area contributed by atoms with Crippen molar-refractivity contribution < 1.29 is 27.4 Å². The van der Waals surface area contributed by atoms with Crippen molar-refractivity contribution in [1.29, 1.82) is 0 Å². The Morgan fingerprint density at radius 3 is 2.48 bits per heavy atom. The average Bonchev–Trinajstić information content (AvgIpc) is 3.10. The van der Waals surface area contributed by atoms with Gasteiger partial charge in [-0.2, -0.15) is 4.31 Å². The van der Waals surface area contributed by atoms with E-state index in [9.17, 15) is 13.2 Å². The van der Waals surface area contributed by atoms with Gasteiger partial charge in [0.15, 0.2) is 11.5 Å². The number of esters is 1. The summed E-state index contributed by atoms with van der Waals surface area (Å²) in [5, 5.41) is 0. The maximum Gasteiger partial charge on any atom is 0.343 e. The zero-order valence-electron chi connectivity index (χ0n) is 15.4. The molecule has 1 aliphatic heterocycles. The van der Waals surface area contributed by atoms with Crippen LogP contribution >= 0.6 is 0 Å². The Morgan fingerprint density at radius 2 is 1.78 bits per heavy atom. The standard InChI is InChI=1S/C19H21NO6S/c1-4-20(5-2)27(22,23)15-8-6-13(3)16(11-15)19(21)26-14-7-9-17-18(10-14)25-12-24-17/h6-11H,4-5,12H2,1-3H3. The molecule has 0 bridgehead atoms. The van der Waals surface area contributed by atoms with Crippen LogP contribution in [0.25, 0.3) is 0 Å². The molecule has 0 saturated carbocycles. The third kappa shape index (κ3) is 3.77. The highest BCUT2D eigenvalue weighted by Crippen LogP contribution is 2.35. The van der Waals surface area contributed by atoms with E-state index in [4.69, 9.17) is 14.2 Å². The molecule has 2 aromatic carbocycles. The molecule has 27 heavy (non-hydrogen) atoms. The van der Waals surface area contributed by atoms with Gasteiger partial charge in [-0.05, 0) is 36.8 Å². The molecule has 8 heteroatoms. The second-order valence-electron chi connectivity index (χ2n) is 5.97. The van der Waals surface area contributed by atoms with Gasteiger partial charge in [0, 0.05) is 19.2 Å². The van der Waals surface area contributed by atoms with E-state index in [-0.39, 0.29) is 17.3 Å². The second kappa shape index (κ2) is 7.58. The minimum atomic E-state index is -3.67. The Balaban J connectivity index is 1.89. The van der Waals surface area contributed by atoms with Crippen LogP contribution in [0.1, 0.15) is 29.8 Å². The van der Waals surface area contributed by atoms with Crippen molar-refractivity contribution in [3.63, 3.8) is 0 Å². The van der Waals surface area contributed by atoms with Gasteiger partial charge >= 0.3 is 5.97 Å². The van der Waals surface area contributed by atoms with Crippen LogP contribution in [0.5, 0.6) is 17.2 Å². The summed E-state index contributed by atoms with van der Waals surface area (Å²) < 4.78 is 42.7. The molecule has 7 nitrogen and oxygen atoms in total. The Bertz CT molecular complexity index is 966. The van der Waals surface area contributed by atoms with Crippen molar-refractivity contribution in [1.82, 2.24) is 4.31 Å². The van der Waals surface area contributed by atoms with Gasteiger partial charge in [0.25, 0.3) is 0 Å². The topological polar surface area (TPSA) is 82.1 Å². The van der Waals surface area contributed by atoms with Crippen LogP contribution in [0.3, 0.4) is 0 Å². The number of ether oxygens (including phenoxy) is 3. The minimum Gasteiger partial charge on any atom is -0.454 e. The highest BCUT2D eigenvalue weighted by atomic mass is 32.2. The molecule has 1 heterocycles. The SMILES string of the molecule is CCN(CC)S(=O)(=O)c1ccc(C)c(C(=O)Oc2ccc3c(c2)OCO3)c1. The van der Waals surface area contributed by atoms with E-state index in [2.05, 4.69) is 0 Å². The molecule has 1 aliphatic rings. The number of hydrogen-bond acceptors (Lipinski definition) is 6. The van der Waals surface area contributed by atoms with E-state index >= 15 is 0 Å². The molecule has 0 unspecified atom stereocenters. The number of carbonyl (C=O) groups excluding carboxylic acids is 1. The third-order valence-electron chi connectivity index (χ3n) is 4.33. The van der Waals surface area contributed by atoms with Crippen LogP contribution in [0.2, 0.25) is 0 Å². The van der Waals surface area contributed by atoms with Gasteiger partial charge in [0.1, 0.15) is 5.75 Å². The first kappa shape index (κ1) is 19.2. The van der Waals surface area contributed by atoms with Crippen molar-refractivity contribution in [3.05, 3.63) is 47.5 Å². The van der Waals surface area contributed by atoms with Crippen molar-refractivity contribution >= 4 is 16.0 Å². The number of rotatable bonds is 6. The second-order valence-corrected chi connectivity index (χ2v) is 7.91. The molecular formula is C19H21NO6S. The molecule has 0 N–H and O–H groups in total. The fourth-order valence-corrected chi connectivity index (χ4v) is 4.28. The lowest BCUT2D eigenvalue weighted by molar-refractivity contribution is 0.0733. The number of sulfonamides is 1. The largest absolute Gasteiger partial charge is 0.454 e. The molecule has 0 aromatic heterocycles. The fourth-order valence-electron chi connectivity index (χ4n) is 2.80.